The average Bonchev–Trinajstić information content (AvgIpc) is 2.92. The quantitative estimate of drug-likeness (QED) is 0.606. The Labute approximate surface area is 192 Å². The number of methoxy groups -OCH3 is 1. The molecule has 0 bridgehead atoms. The van der Waals surface area contributed by atoms with E-state index in [1.54, 1.807) is 17.0 Å². The highest BCUT2D eigenvalue weighted by atomic mass is 79.9. The Morgan fingerprint density at radius 1 is 1.06 bits per heavy atom. The van der Waals surface area contributed by atoms with E-state index in [4.69, 9.17) is 4.74 Å². The molecule has 6 nitrogen and oxygen atoms in total. The van der Waals surface area contributed by atoms with Crippen LogP contribution in [0.5, 0.6) is 5.75 Å². The maximum atomic E-state index is 13.5. The molecule has 1 atom stereocenters. The highest BCUT2D eigenvalue weighted by Crippen LogP contribution is 2.36. The number of fused-ring (bicyclic) bond motifs is 1. The lowest BCUT2D eigenvalue weighted by atomic mass is 10.1. The van der Waals surface area contributed by atoms with Crippen molar-refractivity contribution < 1.29 is 17.9 Å². The van der Waals surface area contributed by atoms with Crippen LogP contribution in [0.2, 0.25) is 0 Å². The highest BCUT2D eigenvalue weighted by molar-refractivity contribution is 9.10. The first-order valence-electron chi connectivity index (χ1n) is 10.6. The van der Waals surface area contributed by atoms with E-state index in [0.29, 0.717) is 18.7 Å². The van der Waals surface area contributed by atoms with Crippen LogP contribution in [0.4, 0.5) is 5.69 Å². The second-order valence-electron chi connectivity index (χ2n) is 8.19. The number of carbonyl (C=O) groups is 1. The van der Waals surface area contributed by atoms with E-state index < -0.39 is 10.0 Å². The van der Waals surface area contributed by atoms with E-state index in [0.717, 1.165) is 47.8 Å². The molecule has 2 aliphatic heterocycles. The number of rotatable bonds is 4. The lowest BCUT2D eigenvalue weighted by molar-refractivity contribution is 0.0981. The molecule has 1 fully saturated rings. The third-order valence-electron chi connectivity index (χ3n) is 6.07. The molecule has 2 heterocycles. The van der Waals surface area contributed by atoms with Crippen molar-refractivity contribution >= 4 is 37.5 Å². The van der Waals surface area contributed by atoms with Gasteiger partial charge in [-0.3, -0.25) is 4.79 Å². The molecule has 31 heavy (non-hydrogen) atoms. The number of hydrogen-bond donors (Lipinski definition) is 0. The smallest absolute Gasteiger partial charge is 0.258 e. The Hall–Kier alpha value is -1.90. The molecule has 0 unspecified atom stereocenters. The normalized spacial score (nSPS) is 19.7. The van der Waals surface area contributed by atoms with Crippen LogP contribution in [0.15, 0.2) is 45.8 Å². The summed E-state index contributed by atoms with van der Waals surface area (Å²) in [7, 11) is -2.30. The van der Waals surface area contributed by atoms with Gasteiger partial charge in [0.05, 0.1) is 7.11 Å². The summed E-state index contributed by atoms with van der Waals surface area (Å²) in [6, 6.07) is 10.6. The summed E-state index contributed by atoms with van der Waals surface area (Å²) in [5.74, 6) is 0.0585. The van der Waals surface area contributed by atoms with Gasteiger partial charge in [-0.25, -0.2) is 8.42 Å². The van der Waals surface area contributed by atoms with E-state index >= 15 is 0 Å². The van der Waals surface area contributed by atoms with Gasteiger partial charge in [0, 0.05) is 34.9 Å². The molecule has 1 saturated heterocycles. The molecule has 0 spiro atoms. The van der Waals surface area contributed by atoms with Crippen molar-refractivity contribution in [3.8, 4) is 5.75 Å². The number of hydrogen-bond acceptors (Lipinski definition) is 4. The Morgan fingerprint density at radius 2 is 1.77 bits per heavy atom. The first-order valence-corrected chi connectivity index (χ1v) is 12.9. The summed E-state index contributed by atoms with van der Waals surface area (Å²) in [4.78, 5) is 15.3. The largest absolute Gasteiger partial charge is 0.495 e. The molecule has 8 heteroatoms. The van der Waals surface area contributed by atoms with Crippen LogP contribution in [0.3, 0.4) is 0 Å². The van der Waals surface area contributed by atoms with Gasteiger partial charge >= 0.3 is 0 Å². The number of sulfonamides is 1. The van der Waals surface area contributed by atoms with E-state index in [9.17, 15) is 13.2 Å². The predicted molar refractivity (Wildman–Crippen MR) is 124 cm³/mol. The number of anilines is 1. The molecule has 2 aromatic rings. The van der Waals surface area contributed by atoms with Crippen molar-refractivity contribution in [1.29, 1.82) is 0 Å². The molecule has 0 aromatic heterocycles. The Balaban J connectivity index is 1.72. The molecule has 2 aromatic carbocycles. The number of benzene rings is 2. The van der Waals surface area contributed by atoms with Gasteiger partial charge in [-0.05, 0) is 68.1 Å². The van der Waals surface area contributed by atoms with E-state index in [2.05, 4.69) is 15.9 Å². The van der Waals surface area contributed by atoms with Gasteiger partial charge in [-0.1, -0.05) is 28.8 Å². The van der Waals surface area contributed by atoms with Crippen LogP contribution in [0.25, 0.3) is 0 Å². The van der Waals surface area contributed by atoms with E-state index in [1.165, 1.54) is 17.5 Å². The zero-order valence-electron chi connectivity index (χ0n) is 17.8. The predicted octanol–water partition coefficient (Wildman–Crippen LogP) is 4.61. The standard InChI is InChI=1S/C23H27BrN2O4S/c1-16-13-18-14-19(24)8-9-20(18)26(16)23(27)17-7-10-21(30-2)22(15-17)31(28,29)25-11-5-3-4-6-12-25/h7-10,14-16H,3-6,11-13H2,1-2H3/t16-/m1/s1. The van der Waals surface area contributed by atoms with Gasteiger partial charge in [0.1, 0.15) is 10.6 Å². The zero-order valence-corrected chi connectivity index (χ0v) is 20.2. The van der Waals surface area contributed by atoms with Crippen LogP contribution < -0.4 is 9.64 Å². The first kappa shape index (κ1) is 22.3. The molecule has 2 aliphatic rings. The molecule has 0 saturated carbocycles. The third-order valence-corrected chi connectivity index (χ3v) is 8.48. The molecule has 0 radical (unpaired) electrons. The summed E-state index contributed by atoms with van der Waals surface area (Å²) in [6.45, 7) is 2.99. The SMILES string of the molecule is COc1ccc(C(=O)N2c3ccc(Br)cc3C[C@H]2C)cc1S(=O)(=O)N1CCCCCC1. The maximum absolute atomic E-state index is 13.5. The van der Waals surface area contributed by atoms with Gasteiger partial charge in [-0.2, -0.15) is 4.31 Å². The number of halogens is 1. The van der Waals surface area contributed by atoms with Crippen molar-refractivity contribution in [1.82, 2.24) is 4.31 Å². The topological polar surface area (TPSA) is 66.9 Å². The summed E-state index contributed by atoms with van der Waals surface area (Å²) in [5, 5.41) is 0. The van der Waals surface area contributed by atoms with Crippen LogP contribution in [-0.4, -0.2) is 44.9 Å². The number of carbonyl (C=O) groups excluding carboxylic acids is 1. The maximum Gasteiger partial charge on any atom is 0.258 e. The fourth-order valence-corrected chi connectivity index (χ4v) is 6.59. The van der Waals surface area contributed by atoms with Gasteiger partial charge in [-0.15, -0.1) is 0 Å². The van der Waals surface area contributed by atoms with Crippen LogP contribution >= 0.6 is 15.9 Å². The van der Waals surface area contributed by atoms with E-state index in [1.807, 2.05) is 25.1 Å². The summed E-state index contributed by atoms with van der Waals surface area (Å²) in [6.07, 6.45) is 4.51. The van der Waals surface area contributed by atoms with Gasteiger partial charge in [0.25, 0.3) is 5.91 Å². The number of nitrogens with zero attached hydrogens (tertiary/aromatic N) is 2. The van der Waals surface area contributed by atoms with Crippen molar-refractivity contribution in [2.75, 3.05) is 25.1 Å². The molecular weight excluding hydrogens is 480 g/mol. The fourth-order valence-electron chi connectivity index (χ4n) is 4.48. The van der Waals surface area contributed by atoms with Gasteiger partial charge in [0.2, 0.25) is 10.0 Å². The monoisotopic (exact) mass is 506 g/mol. The average molecular weight is 507 g/mol. The lowest BCUT2D eigenvalue weighted by Gasteiger charge is -2.24. The van der Waals surface area contributed by atoms with Crippen molar-refractivity contribution in [2.24, 2.45) is 0 Å². The van der Waals surface area contributed by atoms with Crippen LogP contribution in [0.1, 0.15) is 48.5 Å². The second-order valence-corrected chi connectivity index (χ2v) is 11.0. The summed E-state index contributed by atoms with van der Waals surface area (Å²) in [5.41, 5.74) is 2.31. The molecule has 4 rings (SSSR count). The third kappa shape index (κ3) is 4.25. The minimum Gasteiger partial charge on any atom is -0.495 e. The Kier molecular flexibility index (Phi) is 6.42. The Morgan fingerprint density at radius 3 is 2.45 bits per heavy atom. The minimum atomic E-state index is -3.76. The van der Waals surface area contributed by atoms with Crippen molar-refractivity contribution in [3.63, 3.8) is 0 Å². The summed E-state index contributed by atoms with van der Waals surface area (Å²) < 4.78 is 34.7. The van der Waals surface area contributed by atoms with Crippen LogP contribution in [0, 0.1) is 0 Å². The van der Waals surface area contributed by atoms with Gasteiger partial charge < -0.3 is 9.64 Å². The Bertz CT molecular complexity index is 1090. The molecule has 0 aliphatic carbocycles. The zero-order chi connectivity index (χ0) is 22.2. The molecule has 166 valence electrons. The van der Waals surface area contributed by atoms with Crippen LogP contribution in [-0.2, 0) is 16.4 Å². The van der Waals surface area contributed by atoms with Gasteiger partial charge in [0.15, 0.2) is 0 Å². The minimum absolute atomic E-state index is 0.00966. The first-order chi connectivity index (χ1) is 14.8. The second kappa shape index (κ2) is 8.92. The fraction of sp³-hybridized carbons (Fsp3) is 0.435. The number of amides is 1. The lowest BCUT2D eigenvalue weighted by Crippen LogP contribution is -2.36. The molecule has 0 N–H and O–H groups in total. The summed E-state index contributed by atoms with van der Waals surface area (Å²) >= 11 is 3.49. The van der Waals surface area contributed by atoms with E-state index in [-0.39, 0.29) is 22.6 Å². The van der Waals surface area contributed by atoms with Crippen molar-refractivity contribution in [3.05, 3.63) is 52.0 Å². The number of ether oxygens (including phenoxy) is 1. The highest BCUT2D eigenvalue weighted by Gasteiger charge is 2.34. The molecular formula is C23H27BrN2O4S. The molecule has 1 amide bonds. The van der Waals surface area contributed by atoms with Crippen molar-refractivity contribution in [2.45, 2.75) is 50.0 Å².